The molecule has 0 radical (unpaired) electrons. The minimum atomic E-state index is -4.41. The molecule has 0 bridgehead atoms. The average molecular weight is 377 g/mol. The van der Waals surface area contributed by atoms with E-state index in [1.807, 2.05) is 0 Å². The first-order valence-corrected chi connectivity index (χ1v) is 8.80. The minimum Gasteiger partial charge on any atom is -0.334 e. The van der Waals surface area contributed by atoms with E-state index in [1.165, 1.54) is 31.4 Å². The third-order valence-electron chi connectivity index (χ3n) is 3.82. The molecule has 0 saturated heterocycles. The van der Waals surface area contributed by atoms with Crippen LogP contribution in [0.15, 0.2) is 47.1 Å². The molecule has 0 aliphatic rings. The van der Waals surface area contributed by atoms with Crippen molar-refractivity contribution in [3.63, 3.8) is 0 Å². The largest absolute Gasteiger partial charge is 0.416 e. The molecule has 4 nitrogen and oxygen atoms in total. The van der Waals surface area contributed by atoms with Gasteiger partial charge in [0.2, 0.25) is 5.82 Å². The Morgan fingerprint density at radius 1 is 1.04 bits per heavy atom. The van der Waals surface area contributed by atoms with Gasteiger partial charge in [-0.1, -0.05) is 50.4 Å². The summed E-state index contributed by atoms with van der Waals surface area (Å²) >= 11 is 0. The second kappa shape index (κ2) is 9.30. The van der Waals surface area contributed by atoms with Crippen LogP contribution < -0.4 is 0 Å². The molecule has 0 saturated carbocycles. The van der Waals surface area contributed by atoms with E-state index in [2.05, 4.69) is 29.0 Å². The number of hydrogen-bond donors (Lipinski definition) is 0. The van der Waals surface area contributed by atoms with E-state index in [0.717, 1.165) is 12.1 Å². The highest BCUT2D eigenvalue weighted by Gasteiger charge is 2.30. The van der Waals surface area contributed by atoms with Gasteiger partial charge >= 0.3 is 6.18 Å². The van der Waals surface area contributed by atoms with Gasteiger partial charge in [0.1, 0.15) is 0 Å². The molecule has 7 heteroatoms. The van der Waals surface area contributed by atoms with Gasteiger partial charge in [0, 0.05) is 17.5 Å². The first-order chi connectivity index (χ1) is 12.9. The Labute approximate surface area is 156 Å². The third-order valence-corrected chi connectivity index (χ3v) is 3.82. The monoisotopic (exact) mass is 377 g/mol. The molecule has 2 heterocycles. The lowest BCUT2D eigenvalue weighted by Crippen LogP contribution is -2.04. The van der Waals surface area contributed by atoms with E-state index in [1.54, 1.807) is 25.3 Å². The van der Waals surface area contributed by atoms with Gasteiger partial charge in [-0.05, 0) is 31.2 Å². The summed E-state index contributed by atoms with van der Waals surface area (Å²) in [6, 6.07) is 8.27. The van der Waals surface area contributed by atoms with Crippen LogP contribution in [0.3, 0.4) is 0 Å². The van der Waals surface area contributed by atoms with Crippen LogP contribution in [0.2, 0.25) is 0 Å². The third kappa shape index (κ3) is 5.64. The van der Waals surface area contributed by atoms with E-state index in [-0.39, 0.29) is 17.3 Å². The van der Waals surface area contributed by atoms with Crippen molar-refractivity contribution >= 4 is 0 Å². The zero-order valence-electron chi connectivity index (χ0n) is 15.5. The Hall–Kier alpha value is -2.70. The van der Waals surface area contributed by atoms with Crippen LogP contribution in [0, 0.1) is 6.92 Å². The van der Waals surface area contributed by atoms with Gasteiger partial charge in [0.25, 0.3) is 5.89 Å². The number of benzene rings is 1. The molecule has 0 aliphatic heterocycles. The first kappa shape index (κ1) is 20.6. The molecule has 144 valence electrons. The van der Waals surface area contributed by atoms with Crippen molar-refractivity contribution in [3.05, 3.63) is 53.9 Å². The number of unbranched alkanes of at least 4 members (excludes halogenated alkanes) is 2. The maximum absolute atomic E-state index is 12.7. The fourth-order valence-electron chi connectivity index (χ4n) is 2.35. The predicted octanol–water partition coefficient (Wildman–Crippen LogP) is 6.32. The zero-order valence-corrected chi connectivity index (χ0v) is 15.5. The molecule has 1 aromatic carbocycles. The summed E-state index contributed by atoms with van der Waals surface area (Å²) < 4.78 is 43.3. The van der Waals surface area contributed by atoms with E-state index >= 15 is 0 Å². The molecule has 0 fully saturated rings. The molecule has 0 spiro atoms. The van der Waals surface area contributed by atoms with Crippen LogP contribution in [0.1, 0.15) is 44.4 Å². The van der Waals surface area contributed by atoms with Crippen LogP contribution in [0.5, 0.6) is 0 Å². The summed E-state index contributed by atoms with van der Waals surface area (Å²) in [7, 11) is 0. The molecule has 0 amide bonds. The van der Waals surface area contributed by atoms with Crippen molar-refractivity contribution in [2.45, 2.75) is 46.2 Å². The number of rotatable bonds is 4. The van der Waals surface area contributed by atoms with Crippen LogP contribution in [0.4, 0.5) is 13.2 Å². The van der Waals surface area contributed by atoms with Gasteiger partial charge in [-0.3, -0.25) is 4.98 Å². The lowest BCUT2D eigenvalue weighted by atomic mass is 10.1. The van der Waals surface area contributed by atoms with Gasteiger partial charge in [-0.25, -0.2) is 0 Å². The number of alkyl halides is 3. The molecule has 0 atom stereocenters. The van der Waals surface area contributed by atoms with Crippen LogP contribution in [0.25, 0.3) is 22.8 Å². The van der Waals surface area contributed by atoms with Crippen LogP contribution in [-0.2, 0) is 6.18 Å². The van der Waals surface area contributed by atoms with Crippen LogP contribution >= 0.6 is 0 Å². The summed E-state index contributed by atoms with van der Waals surface area (Å²) in [5, 5.41) is 3.75. The zero-order chi connectivity index (χ0) is 19.9. The number of nitrogens with zero attached hydrogens (tertiary/aromatic N) is 3. The average Bonchev–Trinajstić information content (AvgIpc) is 3.13. The number of halogens is 3. The van der Waals surface area contributed by atoms with E-state index in [9.17, 15) is 13.2 Å². The highest BCUT2D eigenvalue weighted by atomic mass is 19.4. The quantitative estimate of drug-likeness (QED) is 0.534. The van der Waals surface area contributed by atoms with Crippen molar-refractivity contribution in [1.29, 1.82) is 0 Å². The SMILES string of the molecule is CCCCC.Cc1ncccc1-c1nc(-c2cccc(C(F)(F)F)c2)no1. The molecule has 27 heavy (non-hydrogen) atoms. The Morgan fingerprint density at radius 2 is 1.78 bits per heavy atom. The van der Waals surface area contributed by atoms with Crippen molar-refractivity contribution in [3.8, 4) is 22.8 Å². The van der Waals surface area contributed by atoms with Crippen molar-refractivity contribution in [2.75, 3.05) is 0 Å². The maximum atomic E-state index is 12.7. The molecule has 3 rings (SSSR count). The lowest BCUT2D eigenvalue weighted by molar-refractivity contribution is -0.137. The second-order valence-electron chi connectivity index (χ2n) is 5.99. The Balaban J connectivity index is 0.000000465. The van der Waals surface area contributed by atoms with Gasteiger partial charge in [-0.2, -0.15) is 18.2 Å². The van der Waals surface area contributed by atoms with Gasteiger partial charge in [0.05, 0.1) is 11.1 Å². The Bertz CT molecular complexity index is 857. The molecule has 0 unspecified atom stereocenters. The Morgan fingerprint density at radius 3 is 2.37 bits per heavy atom. The van der Waals surface area contributed by atoms with Crippen molar-refractivity contribution < 1.29 is 17.7 Å². The molecule has 0 aliphatic carbocycles. The smallest absolute Gasteiger partial charge is 0.334 e. The van der Waals surface area contributed by atoms with Crippen molar-refractivity contribution in [1.82, 2.24) is 15.1 Å². The summed E-state index contributed by atoms with van der Waals surface area (Å²) in [4.78, 5) is 8.26. The number of aromatic nitrogens is 3. The van der Waals surface area contributed by atoms with Crippen LogP contribution in [-0.4, -0.2) is 15.1 Å². The summed E-state index contributed by atoms with van der Waals surface area (Å²) in [5.41, 5.74) is 0.829. The normalized spacial score (nSPS) is 11.0. The number of hydrogen-bond acceptors (Lipinski definition) is 4. The summed E-state index contributed by atoms with van der Waals surface area (Å²) in [6.45, 7) is 6.20. The van der Waals surface area contributed by atoms with Gasteiger partial charge in [0.15, 0.2) is 0 Å². The van der Waals surface area contributed by atoms with E-state index in [4.69, 9.17) is 4.52 Å². The fraction of sp³-hybridized carbons (Fsp3) is 0.350. The molecular weight excluding hydrogens is 355 g/mol. The molecule has 0 N–H and O–H groups in total. The topological polar surface area (TPSA) is 51.8 Å². The van der Waals surface area contributed by atoms with Gasteiger partial charge < -0.3 is 4.52 Å². The fourth-order valence-corrected chi connectivity index (χ4v) is 2.35. The van der Waals surface area contributed by atoms with Crippen molar-refractivity contribution in [2.24, 2.45) is 0 Å². The molecular formula is C20H22F3N3O. The number of pyridine rings is 1. The summed E-state index contributed by atoms with van der Waals surface area (Å²) in [6.07, 6.45) is 1.29. The van der Waals surface area contributed by atoms with Gasteiger partial charge in [-0.15, -0.1) is 0 Å². The predicted molar refractivity (Wildman–Crippen MR) is 97.9 cm³/mol. The van der Waals surface area contributed by atoms with E-state index < -0.39 is 11.7 Å². The molecule has 2 aromatic heterocycles. The second-order valence-corrected chi connectivity index (χ2v) is 5.99. The standard InChI is InChI=1S/C15H10F3N3O.C5H12/c1-9-12(6-3-7-19-9)14-20-13(21-22-14)10-4-2-5-11(8-10)15(16,17)18;1-3-5-4-2/h2-8H,1H3;3-5H2,1-2H3. The highest BCUT2D eigenvalue weighted by molar-refractivity contribution is 5.61. The maximum Gasteiger partial charge on any atom is 0.416 e. The highest BCUT2D eigenvalue weighted by Crippen LogP contribution is 2.32. The molecule has 3 aromatic rings. The summed E-state index contributed by atoms with van der Waals surface area (Å²) in [5.74, 6) is 0.322. The van der Waals surface area contributed by atoms with E-state index in [0.29, 0.717) is 11.3 Å². The Kier molecular flexibility index (Phi) is 7.10. The first-order valence-electron chi connectivity index (χ1n) is 8.80. The lowest BCUT2D eigenvalue weighted by Gasteiger charge is -2.06. The number of aryl methyl sites for hydroxylation is 1. The minimum absolute atomic E-state index is 0.101.